The first-order valence-electron chi connectivity index (χ1n) is 6.07. The smallest absolute Gasteiger partial charge is 0.340 e. The maximum absolute atomic E-state index is 11.9. The molecule has 0 saturated heterocycles. The number of benzene rings is 1. The van der Waals surface area contributed by atoms with Crippen LogP contribution in [0.4, 0.5) is 5.69 Å². The van der Waals surface area contributed by atoms with E-state index in [1.54, 1.807) is 11.9 Å². The van der Waals surface area contributed by atoms with Gasteiger partial charge in [-0.25, -0.2) is 4.79 Å². The van der Waals surface area contributed by atoms with Crippen molar-refractivity contribution in [3.05, 3.63) is 27.7 Å². The molecule has 1 aliphatic carbocycles. The lowest BCUT2D eigenvalue weighted by Crippen LogP contribution is -2.32. The SMILES string of the molecule is CN(C(=O)COC(=O)c1cc(N)cc(Cl)c1Cl)C1CC1. The lowest BCUT2D eigenvalue weighted by molar-refractivity contribution is -0.133. The van der Waals surface area contributed by atoms with E-state index in [0.717, 1.165) is 12.8 Å². The van der Waals surface area contributed by atoms with Crippen LogP contribution >= 0.6 is 23.2 Å². The number of carbonyl (C=O) groups is 2. The summed E-state index contributed by atoms with van der Waals surface area (Å²) in [5, 5.41) is 0.230. The quantitative estimate of drug-likeness (QED) is 0.683. The van der Waals surface area contributed by atoms with E-state index in [2.05, 4.69) is 0 Å². The van der Waals surface area contributed by atoms with Crippen molar-refractivity contribution >= 4 is 40.8 Å². The molecule has 7 heteroatoms. The minimum absolute atomic E-state index is 0.0542. The fourth-order valence-corrected chi connectivity index (χ4v) is 2.14. The van der Waals surface area contributed by atoms with Crippen molar-refractivity contribution in [3.8, 4) is 0 Å². The van der Waals surface area contributed by atoms with Crippen LogP contribution < -0.4 is 5.73 Å². The van der Waals surface area contributed by atoms with E-state index in [-0.39, 0.29) is 34.2 Å². The van der Waals surface area contributed by atoms with Gasteiger partial charge in [-0.15, -0.1) is 0 Å². The molecular weight excluding hydrogens is 303 g/mol. The zero-order valence-electron chi connectivity index (χ0n) is 10.9. The Morgan fingerprint density at radius 3 is 2.65 bits per heavy atom. The van der Waals surface area contributed by atoms with Gasteiger partial charge >= 0.3 is 5.97 Å². The molecule has 1 aromatic carbocycles. The summed E-state index contributed by atoms with van der Waals surface area (Å²) in [5.74, 6) is -0.964. The monoisotopic (exact) mass is 316 g/mol. The topological polar surface area (TPSA) is 72.6 Å². The lowest BCUT2D eigenvalue weighted by atomic mass is 10.2. The van der Waals surface area contributed by atoms with Crippen LogP contribution in [-0.2, 0) is 9.53 Å². The average Bonchev–Trinajstić information content (AvgIpc) is 3.23. The van der Waals surface area contributed by atoms with Gasteiger partial charge in [-0.2, -0.15) is 0 Å². The first kappa shape index (κ1) is 14.9. The molecule has 1 saturated carbocycles. The number of hydrogen-bond donors (Lipinski definition) is 1. The van der Waals surface area contributed by atoms with Gasteiger partial charge in [0.05, 0.1) is 15.6 Å². The van der Waals surface area contributed by atoms with Crippen LogP contribution in [0.25, 0.3) is 0 Å². The maximum Gasteiger partial charge on any atom is 0.340 e. The van der Waals surface area contributed by atoms with Crippen LogP contribution in [0.3, 0.4) is 0 Å². The zero-order chi connectivity index (χ0) is 14.9. The van der Waals surface area contributed by atoms with Gasteiger partial charge in [0.2, 0.25) is 0 Å². The summed E-state index contributed by atoms with van der Waals surface area (Å²) in [7, 11) is 1.69. The largest absolute Gasteiger partial charge is 0.452 e. The molecule has 2 rings (SSSR count). The number of likely N-dealkylation sites (N-methyl/N-ethyl adjacent to an activating group) is 1. The number of hydrogen-bond acceptors (Lipinski definition) is 4. The number of carbonyl (C=O) groups excluding carboxylic acids is 2. The van der Waals surface area contributed by atoms with Crippen LogP contribution in [-0.4, -0.2) is 36.5 Å². The Morgan fingerprint density at radius 2 is 2.05 bits per heavy atom. The van der Waals surface area contributed by atoms with Crippen LogP contribution in [0.1, 0.15) is 23.2 Å². The number of esters is 1. The van der Waals surface area contributed by atoms with Crippen molar-refractivity contribution in [2.45, 2.75) is 18.9 Å². The maximum atomic E-state index is 11.9. The molecule has 108 valence electrons. The number of ether oxygens (including phenoxy) is 1. The molecule has 2 N–H and O–H groups in total. The van der Waals surface area contributed by atoms with Gasteiger partial charge in [0.1, 0.15) is 0 Å². The lowest BCUT2D eigenvalue weighted by Gasteiger charge is -2.16. The molecular formula is C13H14Cl2N2O3. The van der Waals surface area contributed by atoms with E-state index in [9.17, 15) is 9.59 Å². The van der Waals surface area contributed by atoms with Crippen LogP contribution in [0.5, 0.6) is 0 Å². The Balaban J connectivity index is 2.00. The van der Waals surface area contributed by atoms with E-state index in [1.165, 1.54) is 12.1 Å². The highest BCUT2D eigenvalue weighted by molar-refractivity contribution is 6.44. The van der Waals surface area contributed by atoms with Gasteiger partial charge in [-0.3, -0.25) is 4.79 Å². The molecule has 0 spiro atoms. The second-order valence-electron chi connectivity index (χ2n) is 4.68. The predicted molar refractivity (Wildman–Crippen MR) is 76.9 cm³/mol. The van der Waals surface area contributed by atoms with Crippen LogP contribution in [0.2, 0.25) is 10.0 Å². The zero-order valence-corrected chi connectivity index (χ0v) is 12.4. The number of nitrogens with zero attached hydrogens (tertiary/aromatic N) is 1. The van der Waals surface area contributed by atoms with E-state index in [4.69, 9.17) is 33.7 Å². The van der Waals surface area contributed by atoms with Crippen LogP contribution in [0.15, 0.2) is 12.1 Å². The van der Waals surface area contributed by atoms with E-state index < -0.39 is 5.97 Å². The molecule has 0 unspecified atom stereocenters. The van der Waals surface area contributed by atoms with Crippen molar-refractivity contribution in [2.75, 3.05) is 19.4 Å². The molecule has 0 heterocycles. The highest BCUT2D eigenvalue weighted by atomic mass is 35.5. The first-order valence-corrected chi connectivity index (χ1v) is 6.83. The molecule has 0 radical (unpaired) electrons. The summed E-state index contributed by atoms with van der Waals surface area (Å²) in [6.07, 6.45) is 1.99. The van der Waals surface area contributed by atoms with Crippen molar-refractivity contribution in [3.63, 3.8) is 0 Å². The van der Waals surface area contributed by atoms with Crippen molar-refractivity contribution in [1.82, 2.24) is 4.90 Å². The van der Waals surface area contributed by atoms with Crippen molar-refractivity contribution in [1.29, 1.82) is 0 Å². The molecule has 1 amide bonds. The number of amides is 1. The van der Waals surface area contributed by atoms with Crippen molar-refractivity contribution in [2.24, 2.45) is 0 Å². The van der Waals surface area contributed by atoms with Gasteiger partial charge in [-0.1, -0.05) is 23.2 Å². The summed E-state index contributed by atoms with van der Waals surface area (Å²) in [4.78, 5) is 25.2. The molecule has 0 atom stereocenters. The summed E-state index contributed by atoms with van der Waals surface area (Å²) in [6.45, 7) is -0.325. The Hall–Kier alpha value is -1.46. The second kappa shape index (κ2) is 5.89. The standard InChI is InChI=1S/C13H14Cl2N2O3/c1-17(8-2-3-8)11(18)6-20-13(19)9-4-7(16)5-10(14)12(9)15/h4-5,8H,2-3,6,16H2,1H3. The summed E-state index contributed by atoms with van der Waals surface area (Å²) >= 11 is 11.7. The van der Waals surface area contributed by atoms with Gasteiger partial charge in [0.25, 0.3) is 5.91 Å². The van der Waals surface area contributed by atoms with Gasteiger partial charge in [0.15, 0.2) is 6.61 Å². The summed E-state index contributed by atoms with van der Waals surface area (Å²) < 4.78 is 4.95. The third kappa shape index (κ3) is 3.35. The third-order valence-electron chi connectivity index (χ3n) is 3.09. The summed E-state index contributed by atoms with van der Waals surface area (Å²) in [5.41, 5.74) is 5.95. The fourth-order valence-electron chi connectivity index (χ4n) is 1.73. The predicted octanol–water partition coefficient (Wildman–Crippen LogP) is 2.35. The van der Waals surface area contributed by atoms with Gasteiger partial charge in [-0.05, 0) is 25.0 Å². The van der Waals surface area contributed by atoms with Gasteiger partial charge in [0, 0.05) is 18.8 Å². The number of nitrogens with two attached hydrogens (primary N) is 1. The molecule has 1 aliphatic rings. The first-order chi connectivity index (χ1) is 9.40. The Morgan fingerprint density at radius 1 is 1.40 bits per heavy atom. The van der Waals surface area contributed by atoms with E-state index >= 15 is 0 Å². The van der Waals surface area contributed by atoms with E-state index in [1.807, 2.05) is 0 Å². The molecule has 1 fully saturated rings. The summed E-state index contributed by atoms with van der Waals surface area (Å²) in [6, 6.07) is 3.07. The number of halogens is 2. The Bertz CT molecular complexity index is 559. The normalized spacial score (nSPS) is 13.9. The van der Waals surface area contributed by atoms with Gasteiger partial charge < -0.3 is 15.4 Å². The number of nitrogen functional groups attached to an aromatic ring is 1. The number of anilines is 1. The minimum atomic E-state index is -0.721. The Labute approximate surface area is 126 Å². The number of rotatable bonds is 4. The molecule has 0 aromatic heterocycles. The fraction of sp³-hybridized carbons (Fsp3) is 0.385. The minimum Gasteiger partial charge on any atom is -0.452 e. The molecule has 0 bridgehead atoms. The third-order valence-corrected chi connectivity index (χ3v) is 3.89. The highest BCUT2D eigenvalue weighted by Crippen LogP contribution is 2.29. The molecule has 0 aliphatic heterocycles. The molecule has 20 heavy (non-hydrogen) atoms. The average molecular weight is 317 g/mol. The van der Waals surface area contributed by atoms with E-state index in [0.29, 0.717) is 5.69 Å². The molecule has 1 aromatic rings. The Kier molecular flexibility index (Phi) is 4.40. The van der Waals surface area contributed by atoms with Crippen molar-refractivity contribution < 1.29 is 14.3 Å². The highest BCUT2D eigenvalue weighted by Gasteiger charge is 2.30. The van der Waals surface area contributed by atoms with Crippen LogP contribution in [0, 0.1) is 0 Å². The molecule has 5 nitrogen and oxygen atoms in total. The second-order valence-corrected chi connectivity index (χ2v) is 5.46.